The molecule has 5 nitrogen and oxygen atoms in total. The first-order chi connectivity index (χ1) is 13.7. The van der Waals surface area contributed by atoms with Crippen molar-refractivity contribution in [2.45, 2.75) is 45.6 Å². The maximum absolute atomic E-state index is 13.1. The molecule has 0 spiro atoms. The monoisotopic (exact) mass is 379 g/mol. The van der Waals surface area contributed by atoms with Gasteiger partial charge in [-0.3, -0.25) is 9.69 Å². The molecule has 148 valence electrons. The van der Waals surface area contributed by atoms with Gasteiger partial charge in [0.2, 0.25) is 0 Å². The van der Waals surface area contributed by atoms with E-state index in [-0.39, 0.29) is 11.9 Å². The third kappa shape index (κ3) is 3.47. The lowest BCUT2D eigenvalue weighted by molar-refractivity contribution is 0.0931. The number of furan rings is 1. The van der Waals surface area contributed by atoms with Crippen LogP contribution in [0.5, 0.6) is 0 Å². The maximum atomic E-state index is 13.1. The van der Waals surface area contributed by atoms with Crippen molar-refractivity contribution in [3.8, 4) is 0 Å². The normalized spacial score (nSPS) is 15.0. The predicted octanol–water partition coefficient (Wildman–Crippen LogP) is 4.45. The summed E-state index contributed by atoms with van der Waals surface area (Å²) < 4.78 is 5.64. The fourth-order valence-electron chi connectivity index (χ4n) is 4.46. The van der Waals surface area contributed by atoms with Gasteiger partial charge in [-0.25, -0.2) is 0 Å². The molecule has 1 aliphatic rings. The van der Waals surface area contributed by atoms with E-state index in [1.807, 2.05) is 24.3 Å². The number of aromatic amines is 1. The Morgan fingerprint density at radius 1 is 1.18 bits per heavy atom. The van der Waals surface area contributed by atoms with Crippen LogP contribution in [0.15, 0.2) is 41.0 Å². The zero-order valence-electron chi connectivity index (χ0n) is 16.8. The van der Waals surface area contributed by atoms with Crippen LogP contribution in [-0.4, -0.2) is 35.4 Å². The molecule has 0 fully saturated rings. The molecule has 0 saturated carbocycles. The summed E-state index contributed by atoms with van der Waals surface area (Å²) in [6, 6.07) is 9.96. The number of nitrogens with one attached hydrogen (secondary N) is 2. The van der Waals surface area contributed by atoms with E-state index in [1.165, 1.54) is 29.5 Å². The molecule has 1 amide bonds. The average Bonchev–Trinajstić information content (AvgIpc) is 3.38. The van der Waals surface area contributed by atoms with E-state index in [4.69, 9.17) is 4.42 Å². The number of hydrogen-bond acceptors (Lipinski definition) is 3. The molecule has 0 saturated heterocycles. The minimum atomic E-state index is -0.0343. The van der Waals surface area contributed by atoms with Crippen molar-refractivity contribution < 1.29 is 9.21 Å². The number of H-pyrrole nitrogens is 1. The second-order valence-corrected chi connectivity index (χ2v) is 7.48. The van der Waals surface area contributed by atoms with Crippen molar-refractivity contribution in [1.82, 2.24) is 15.2 Å². The Morgan fingerprint density at radius 3 is 2.75 bits per heavy atom. The van der Waals surface area contributed by atoms with Gasteiger partial charge in [0.25, 0.3) is 5.91 Å². The number of fused-ring (bicyclic) bond motifs is 3. The first kappa shape index (κ1) is 18.8. The Morgan fingerprint density at radius 2 is 2.00 bits per heavy atom. The number of hydrogen-bond donors (Lipinski definition) is 2. The third-order valence-electron chi connectivity index (χ3n) is 5.96. The Labute approximate surface area is 166 Å². The minimum absolute atomic E-state index is 0.0324. The summed E-state index contributed by atoms with van der Waals surface area (Å²) in [5, 5.41) is 4.35. The first-order valence-corrected chi connectivity index (χ1v) is 10.4. The zero-order chi connectivity index (χ0) is 19.5. The van der Waals surface area contributed by atoms with Crippen LogP contribution in [0, 0.1) is 0 Å². The molecule has 3 aromatic rings. The number of aromatic nitrogens is 1. The van der Waals surface area contributed by atoms with E-state index in [0.29, 0.717) is 6.54 Å². The van der Waals surface area contributed by atoms with Crippen LogP contribution in [0.4, 0.5) is 0 Å². The summed E-state index contributed by atoms with van der Waals surface area (Å²) in [4.78, 5) is 18.9. The zero-order valence-corrected chi connectivity index (χ0v) is 16.8. The van der Waals surface area contributed by atoms with Crippen molar-refractivity contribution in [2.24, 2.45) is 0 Å². The van der Waals surface area contributed by atoms with Crippen LogP contribution >= 0.6 is 0 Å². The van der Waals surface area contributed by atoms with Crippen LogP contribution in [-0.2, 0) is 12.8 Å². The topological polar surface area (TPSA) is 61.3 Å². The fourth-order valence-corrected chi connectivity index (χ4v) is 4.46. The summed E-state index contributed by atoms with van der Waals surface area (Å²) in [7, 11) is 0. The quantitative estimate of drug-likeness (QED) is 0.637. The number of aryl methyl sites for hydroxylation is 2. The Kier molecular flexibility index (Phi) is 5.53. The number of para-hydroxylation sites is 1. The molecule has 5 heteroatoms. The lowest BCUT2D eigenvalue weighted by Gasteiger charge is -2.28. The van der Waals surface area contributed by atoms with Crippen LogP contribution in [0.25, 0.3) is 10.9 Å². The molecule has 2 aromatic heterocycles. The van der Waals surface area contributed by atoms with E-state index in [9.17, 15) is 4.79 Å². The van der Waals surface area contributed by atoms with E-state index in [2.05, 4.69) is 35.1 Å². The van der Waals surface area contributed by atoms with Crippen LogP contribution in [0.3, 0.4) is 0 Å². The number of nitrogens with zero attached hydrogens (tertiary/aromatic N) is 1. The van der Waals surface area contributed by atoms with Crippen molar-refractivity contribution in [2.75, 3.05) is 19.6 Å². The lowest BCUT2D eigenvalue weighted by atomic mass is 9.95. The van der Waals surface area contributed by atoms with E-state index >= 15 is 0 Å². The summed E-state index contributed by atoms with van der Waals surface area (Å²) in [5.41, 5.74) is 4.40. The van der Waals surface area contributed by atoms with Gasteiger partial charge in [0, 0.05) is 17.6 Å². The van der Waals surface area contributed by atoms with E-state index in [0.717, 1.165) is 42.8 Å². The Hall–Kier alpha value is -2.53. The standard InChI is InChI=1S/C23H29N3O2/c1-3-26(4-2)20(21-13-8-14-28-21)15-24-23(27)18-11-7-10-17-16-9-5-6-12-19(16)25-22(17)18/h7-8,10-11,13-14,20,25H,3-6,9,12,15H2,1-2H3,(H,24,27). The van der Waals surface area contributed by atoms with Gasteiger partial charge >= 0.3 is 0 Å². The number of amides is 1. The number of benzene rings is 1. The number of carbonyl (C=O) groups excluding carboxylic acids is 1. The van der Waals surface area contributed by atoms with Gasteiger partial charge in [-0.05, 0) is 62.5 Å². The second-order valence-electron chi connectivity index (χ2n) is 7.48. The highest BCUT2D eigenvalue weighted by Gasteiger charge is 2.23. The lowest BCUT2D eigenvalue weighted by Crippen LogP contribution is -2.38. The van der Waals surface area contributed by atoms with Crippen LogP contribution in [0.1, 0.15) is 60.1 Å². The third-order valence-corrected chi connectivity index (χ3v) is 5.96. The van der Waals surface area contributed by atoms with Crippen molar-refractivity contribution in [3.63, 3.8) is 0 Å². The molecule has 2 N–H and O–H groups in total. The molecule has 2 heterocycles. The average molecular weight is 380 g/mol. The summed E-state index contributed by atoms with van der Waals surface area (Å²) in [6.07, 6.45) is 6.31. The minimum Gasteiger partial charge on any atom is -0.468 e. The Bertz CT molecular complexity index is 938. The molecule has 4 rings (SSSR count). The fraction of sp³-hybridized carbons (Fsp3) is 0.435. The molecule has 1 aromatic carbocycles. The van der Waals surface area contributed by atoms with Gasteiger partial charge in [0.15, 0.2) is 0 Å². The van der Waals surface area contributed by atoms with Crippen molar-refractivity contribution in [3.05, 3.63) is 59.2 Å². The van der Waals surface area contributed by atoms with Gasteiger partial charge in [-0.1, -0.05) is 26.0 Å². The number of likely N-dealkylation sites (N-methyl/N-ethyl adjacent to an activating group) is 1. The highest BCUT2D eigenvalue weighted by Crippen LogP contribution is 2.31. The maximum Gasteiger partial charge on any atom is 0.253 e. The molecular weight excluding hydrogens is 350 g/mol. The second kappa shape index (κ2) is 8.23. The van der Waals surface area contributed by atoms with Gasteiger partial charge in [-0.15, -0.1) is 0 Å². The van der Waals surface area contributed by atoms with Gasteiger partial charge in [0.1, 0.15) is 5.76 Å². The van der Waals surface area contributed by atoms with E-state index < -0.39 is 0 Å². The molecule has 1 unspecified atom stereocenters. The first-order valence-electron chi connectivity index (χ1n) is 10.4. The highest BCUT2D eigenvalue weighted by atomic mass is 16.3. The summed E-state index contributed by atoms with van der Waals surface area (Å²) >= 11 is 0. The van der Waals surface area contributed by atoms with Gasteiger partial charge < -0.3 is 14.7 Å². The smallest absolute Gasteiger partial charge is 0.253 e. The largest absolute Gasteiger partial charge is 0.468 e. The molecule has 0 aliphatic heterocycles. The Balaban J connectivity index is 1.57. The van der Waals surface area contributed by atoms with Gasteiger partial charge in [0.05, 0.1) is 23.4 Å². The predicted molar refractivity (Wildman–Crippen MR) is 112 cm³/mol. The van der Waals surface area contributed by atoms with E-state index in [1.54, 1.807) is 6.26 Å². The molecule has 28 heavy (non-hydrogen) atoms. The van der Waals surface area contributed by atoms with Crippen LogP contribution < -0.4 is 5.32 Å². The SMILES string of the molecule is CCN(CC)C(CNC(=O)c1cccc2c3c([nH]c12)CCCC3)c1ccco1. The highest BCUT2D eigenvalue weighted by molar-refractivity contribution is 6.06. The van der Waals surface area contributed by atoms with Gasteiger partial charge in [-0.2, -0.15) is 0 Å². The number of rotatable bonds is 7. The molecule has 1 atom stereocenters. The van der Waals surface area contributed by atoms with Crippen LogP contribution in [0.2, 0.25) is 0 Å². The number of carbonyl (C=O) groups is 1. The summed E-state index contributed by atoms with van der Waals surface area (Å²) in [6.45, 7) is 6.58. The molecule has 0 radical (unpaired) electrons. The van der Waals surface area contributed by atoms with Crippen molar-refractivity contribution in [1.29, 1.82) is 0 Å². The molecule has 1 aliphatic carbocycles. The summed E-state index contributed by atoms with van der Waals surface area (Å²) in [5.74, 6) is 0.852. The van der Waals surface area contributed by atoms with Crippen molar-refractivity contribution >= 4 is 16.8 Å². The molecular formula is C23H29N3O2. The molecule has 0 bridgehead atoms.